The van der Waals surface area contributed by atoms with Gasteiger partial charge in [0.25, 0.3) is 0 Å². The van der Waals surface area contributed by atoms with Gasteiger partial charge in [0.15, 0.2) is 0 Å². The van der Waals surface area contributed by atoms with Crippen molar-refractivity contribution in [1.82, 2.24) is 0 Å². The first-order valence-corrected chi connectivity index (χ1v) is 21.9. The van der Waals surface area contributed by atoms with E-state index in [1.165, 1.54) is 88.1 Å². The van der Waals surface area contributed by atoms with Crippen LogP contribution in [0, 0.1) is 0 Å². The Kier molecular flexibility index (Phi) is 9.43. The summed E-state index contributed by atoms with van der Waals surface area (Å²) in [5.41, 5.74) is 23.4. The standard InChI is InChI=1S/C61H46N2/c1-61(2)57-37-31-45(39-56(57)55-32-30-43-17-9-10-20-47(43)59(55)61)46-33-34-52(49-22-12-11-21-48(46)49)53-35-36-54(51-24-14-13-23-50(51)53)58(63-60(62)44-18-7-4-8-19-44)38-27-40-25-28-42(29-26-40)41-15-5-3-6-16-41/h3-26,28-39H,27H2,1-2H3,(H2,62,63)/b58-38-. The van der Waals surface area contributed by atoms with E-state index in [4.69, 9.17) is 10.7 Å². The highest BCUT2D eigenvalue weighted by molar-refractivity contribution is 6.12. The van der Waals surface area contributed by atoms with Gasteiger partial charge in [0.05, 0.1) is 5.70 Å². The molecule has 0 amide bonds. The number of benzene rings is 10. The predicted molar refractivity (Wildman–Crippen MR) is 268 cm³/mol. The first-order valence-electron chi connectivity index (χ1n) is 21.9. The maximum absolute atomic E-state index is 6.77. The second-order valence-corrected chi connectivity index (χ2v) is 17.2. The fraction of sp³-hybridized carbons (Fsp3) is 0.0656. The lowest BCUT2D eigenvalue weighted by Gasteiger charge is -2.23. The van der Waals surface area contributed by atoms with E-state index in [1.807, 2.05) is 30.3 Å². The van der Waals surface area contributed by atoms with Crippen molar-refractivity contribution in [2.24, 2.45) is 10.7 Å². The lowest BCUT2D eigenvalue weighted by atomic mass is 9.80. The van der Waals surface area contributed by atoms with Gasteiger partial charge in [-0.1, -0.05) is 226 Å². The lowest BCUT2D eigenvalue weighted by Crippen LogP contribution is -2.15. The highest BCUT2D eigenvalue weighted by atomic mass is 14.9. The van der Waals surface area contributed by atoms with Crippen LogP contribution in [0.25, 0.3) is 82.5 Å². The zero-order chi connectivity index (χ0) is 42.5. The molecule has 10 aromatic rings. The summed E-state index contributed by atoms with van der Waals surface area (Å²) in [7, 11) is 0. The molecule has 2 N–H and O–H groups in total. The van der Waals surface area contributed by atoms with E-state index < -0.39 is 0 Å². The van der Waals surface area contributed by atoms with E-state index in [1.54, 1.807) is 0 Å². The molecule has 0 atom stereocenters. The Hall–Kier alpha value is -7.81. The predicted octanol–water partition coefficient (Wildman–Crippen LogP) is 15.4. The Morgan fingerprint density at radius 2 is 1.00 bits per heavy atom. The molecule has 0 saturated carbocycles. The molecule has 0 fully saturated rings. The van der Waals surface area contributed by atoms with Crippen molar-refractivity contribution >= 4 is 43.9 Å². The Morgan fingerprint density at radius 3 is 1.73 bits per heavy atom. The average Bonchev–Trinajstić information content (AvgIpc) is 3.58. The summed E-state index contributed by atoms with van der Waals surface area (Å²) < 4.78 is 0. The smallest absolute Gasteiger partial charge is 0.131 e. The molecule has 0 unspecified atom stereocenters. The van der Waals surface area contributed by atoms with Crippen LogP contribution in [0.15, 0.2) is 223 Å². The van der Waals surface area contributed by atoms with Crippen LogP contribution in [0.3, 0.4) is 0 Å². The Bertz CT molecular complexity index is 3430. The van der Waals surface area contributed by atoms with Gasteiger partial charge in [0.1, 0.15) is 5.84 Å². The Morgan fingerprint density at radius 1 is 0.460 bits per heavy atom. The molecule has 1 aliphatic carbocycles. The van der Waals surface area contributed by atoms with Gasteiger partial charge in [-0.15, -0.1) is 0 Å². The molecule has 300 valence electrons. The number of aliphatic imine (C=N–C) groups is 1. The molecule has 0 heterocycles. The quantitative estimate of drug-likeness (QED) is 0.121. The highest BCUT2D eigenvalue weighted by Crippen LogP contribution is 2.52. The molecular weight excluding hydrogens is 761 g/mol. The number of nitrogens with two attached hydrogens (primary N) is 1. The van der Waals surface area contributed by atoms with Gasteiger partial charge >= 0.3 is 0 Å². The monoisotopic (exact) mass is 806 g/mol. The molecule has 63 heavy (non-hydrogen) atoms. The summed E-state index contributed by atoms with van der Waals surface area (Å²) in [4.78, 5) is 5.16. The van der Waals surface area contributed by atoms with Gasteiger partial charge in [0.2, 0.25) is 0 Å². The molecular formula is C61H46N2. The van der Waals surface area contributed by atoms with Crippen molar-refractivity contribution in [3.8, 4) is 44.5 Å². The first kappa shape index (κ1) is 38.1. The lowest BCUT2D eigenvalue weighted by molar-refractivity contribution is 0.666. The second-order valence-electron chi connectivity index (χ2n) is 17.2. The van der Waals surface area contributed by atoms with Crippen LogP contribution < -0.4 is 5.73 Å². The fourth-order valence-corrected chi connectivity index (χ4v) is 10.0. The molecule has 10 aromatic carbocycles. The van der Waals surface area contributed by atoms with E-state index in [2.05, 4.69) is 202 Å². The minimum atomic E-state index is -0.0923. The molecule has 11 rings (SSSR count). The van der Waals surface area contributed by atoms with Crippen LogP contribution in [-0.2, 0) is 11.8 Å². The molecule has 1 aliphatic rings. The van der Waals surface area contributed by atoms with Crippen molar-refractivity contribution in [2.75, 3.05) is 0 Å². The number of fused-ring (bicyclic) bond motifs is 7. The van der Waals surface area contributed by atoms with Gasteiger partial charge < -0.3 is 5.73 Å². The topological polar surface area (TPSA) is 38.4 Å². The first-order chi connectivity index (χ1) is 30.9. The van der Waals surface area contributed by atoms with Gasteiger partial charge in [-0.2, -0.15) is 0 Å². The summed E-state index contributed by atoms with van der Waals surface area (Å²) in [5, 5.41) is 7.39. The van der Waals surface area contributed by atoms with E-state index >= 15 is 0 Å². The van der Waals surface area contributed by atoms with Gasteiger partial charge in [-0.05, 0) is 106 Å². The van der Waals surface area contributed by atoms with Gasteiger partial charge in [-0.3, -0.25) is 0 Å². The Labute approximate surface area is 369 Å². The van der Waals surface area contributed by atoms with Crippen LogP contribution in [0.1, 0.15) is 41.7 Å². The third-order valence-corrected chi connectivity index (χ3v) is 13.2. The van der Waals surface area contributed by atoms with Crippen molar-refractivity contribution in [1.29, 1.82) is 0 Å². The number of allylic oxidation sites excluding steroid dienone is 1. The molecule has 0 bridgehead atoms. The zero-order valence-electron chi connectivity index (χ0n) is 35.5. The molecule has 0 saturated heterocycles. The van der Waals surface area contributed by atoms with E-state index in [-0.39, 0.29) is 5.41 Å². The van der Waals surface area contributed by atoms with E-state index in [9.17, 15) is 0 Å². The minimum Gasteiger partial charge on any atom is -0.383 e. The van der Waals surface area contributed by atoms with Crippen LogP contribution in [0.4, 0.5) is 0 Å². The van der Waals surface area contributed by atoms with Crippen molar-refractivity contribution in [2.45, 2.75) is 25.7 Å². The molecule has 2 heteroatoms. The van der Waals surface area contributed by atoms with Crippen molar-refractivity contribution < 1.29 is 0 Å². The molecule has 0 aromatic heterocycles. The second kappa shape index (κ2) is 15.6. The number of hydrogen-bond acceptors (Lipinski definition) is 1. The summed E-state index contributed by atoms with van der Waals surface area (Å²) in [6.45, 7) is 4.75. The van der Waals surface area contributed by atoms with Crippen LogP contribution in [0.2, 0.25) is 0 Å². The SMILES string of the molecule is CC1(C)c2ccc(-c3ccc(-c4ccc(/C(=C/Cc5ccc(-c6ccccc6)cc5)N=C(N)c5ccccc5)c5ccccc45)c4ccccc34)cc2-c2ccc3ccccc3c21. The molecule has 0 aliphatic heterocycles. The van der Waals surface area contributed by atoms with Gasteiger partial charge in [-0.25, -0.2) is 4.99 Å². The van der Waals surface area contributed by atoms with Crippen LogP contribution >= 0.6 is 0 Å². The van der Waals surface area contributed by atoms with E-state index in [0.29, 0.717) is 12.3 Å². The summed E-state index contributed by atoms with van der Waals surface area (Å²) >= 11 is 0. The van der Waals surface area contributed by atoms with Crippen molar-refractivity contribution in [3.63, 3.8) is 0 Å². The third-order valence-electron chi connectivity index (χ3n) is 13.2. The highest BCUT2D eigenvalue weighted by Gasteiger charge is 2.37. The largest absolute Gasteiger partial charge is 0.383 e. The summed E-state index contributed by atoms with van der Waals surface area (Å²) in [6.07, 6.45) is 2.93. The Balaban J connectivity index is 1.01. The number of amidine groups is 1. The van der Waals surface area contributed by atoms with E-state index in [0.717, 1.165) is 22.2 Å². The minimum absolute atomic E-state index is 0.0923. The number of rotatable bonds is 8. The summed E-state index contributed by atoms with van der Waals surface area (Å²) in [5.74, 6) is 0.489. The molecule has 2 nitrogen and oxygen atoms in total. The van der Waals surface area contributed by atoms with Crippen LogP contribution in [-0.4, -0.2) is 5.84 Å². The molecule has 0 radical (unpaired) electrons. The zero-order valence-corrected chi connectivity index (χ0v) is 35.5. The molecule has 0 spiro atoms. The summed E-state index contributed by atoms with van der Waals surface area (Å²) in [6, 6.07) is 76.6. The van der Waals surface area contributed by atoms with Gasteiger partial charge in [0, 0.05) is 16.5 Å². The fourth-order valence-electron chi connectivity index (χ4n) is 10.0. The number of nitrogens with zero attached hydrogens (tertiary/aromatic N) is 1. The van der Waals surface area contributed by atoms with Crippen molar-refractivity contribution in [3.05, 3.63) is 246 Å². The maximum atomic E-state index is 6.77. The third kappa shape index (κ3) is 6.72. The normalized spacial score (nSPS) is 13.4. The average molecular weight is 807 g/mol. The number of hydrogen-bond donors (Lipinski definition) is 1. The van der Waals surface area contributed by atoms with Crippen LogP contribution in [0.5, 0.6) is 0 Å². The maximum Gasteiger partial charge on any atom is 0.131 e.